The highest BCUT2D eigenvalue weighted by atomic mass is 16.4. The van der Waals surface area contributed by atoms with Crippen molar-refractivity contribution < 1.29 is 5.21 Å². The molecule has 3 rings (SSSR count). The SMILES string of the molecule is O/N=C(\C1CCCCC1)C(Cc1ccccc1)n1ccnc1. The molecule has 22 heavy (non-hydrogen) atoms. The highest BCUT2D eigenvalue weighted by molar-refractivity contribution is 5.90. The maximum absolute atomic E-state index is 9.68. The van der Waals surface area contributed by atoms with Gasteiger partial charge in [-0.2, -0.15) is 0 Å². The minimum Gasteiger partial charge on any atom is -0.411 e. The van der Waals surface area contributed by atoms with Crippen LogP contribution in [0.4, 0.5) is 0 Å². The fraction of sp³-hybridized carbons (Fsp3) is 0.444. The standard InChI is InChI=1S/C18H23N3O/c22-20-18(16-9-5-2-6-10-16)17(21-12-11-19-14-21)13-15-7-3-1-4-8-15/h1,3-4,7-8,11-12,14,16-17,22H,2,5-6,9-10,13H2/b20-18+. The zero-order valence-electron chi connectivity index (χ0n) is 12.8. The van der Waals surface area contributed by atoms with Crippen LogP contribution in [0.25, 0.3) is 0 Å². The smallest absolute Gasteiger partial charge is 0.0952 e. The van der Waals surface area contributed by atoms with Crippen molar-refractivity contribution in [3.63, 3.8) is 0 Å². The van der Waals surface area contributed by atoms with Crippen LogP contribution in [0.3, 0.4) is 0 Å². The molecule has 0 bridgehead atoms. The summed E-state index contributed by atoms with van der Waals surface area (Å²) in [5.74, 6) is 0.384. The fourth-order valence-electron chi connectivity index (χ4n) is 3.47. The van der Waals surface area contributed by atoms with Gasteiger partial charge in [-0.05, 0) is 24.8 Å². The molecule has 1 aliphatic carbocycles. The molecule has 1 unspecified atom stereocenters. The summed E-state index contributed by atoms with van der Waals surface area (Å²) in [6.45, 7) is 0. The van der Waals surface area contributed by atoms with Gasteiger partial charge in [0, 0.05) is 18.3 Å². The Bertz CT molecular complexity index is 586. The van der Waals surface area contributed by atoms with Gasteiger partial charge in [0.1, 0.15) is 0 Å². The number of benzene rings is 1. The van der Waals surface area contributed by atoms with E-state index >= 15 is 0 Å². The third kappa shape index (κ3) is 3.38. The first-order chi connectivity index (χ1) is 10.9. The minimum atomic E-state index is 0.0398. The fourth-order valence-corrected chi connectivity index (χ4v) is 3.47. The minimum absolute atomic E-state index is 0.0398. The average molecular weight is 297 g/mol. The Morgan fingerprint density at radius 3 is 2.64 bits per heavy atom. The molecule has 1 aromatic carbocycles. The molecule has 0 aliphatic heterocycles. The average Bonchev–Trinajstić information content (AvgIpc) is 3.11. The normalized spacial score (nSPS) is 18.3. The van der Waals surface area contributed by atoms with Gasteiger partial charge in [0.2, 0.25) is 0 Å². The lowest BCUT2D eigenvalue weighted by Crippen LogP contribution is -2.29. The van der Waals surface area contributed by atoms with Crippen molar-refractivity contribution in [2.45, 2.75) is 44.6 Å². The second-order valence-electron chi connectivity index (χ2n) is 6.08. The summed E-state index contributed by atoms with van der Waals surface area (Å²) in [6.07, 6.45) is 12.4. The van der Waals surface area contributed by atoms with Gasteiger partial charge in [-0.3, -0.25) is 0 Å². The van der Waals surface area contributed by atoms with Crippen molar-refractivity contribution >= 4 is 5.71 Å². The van der Waals surface area contributed by atoms with Crippen LogP contribution in [0.1, 0.15) is 43.7 Å². The number of imidazole rings is 1. The maximum atomic E-state index is 9.68. The van der Waals surface area contributed by atoms with Crippen LogP contribution in [0, 0.1) is 5.92 Å². The van der Waals surface area contributed by atoms with Crippen LogP contribution < -0.4 is 0 Å². The van der Waals surface area contributed by atoms with Crippen LogP contribution in [-0.4, -0.2) is 20.5 Å². The van der Waals surface area contributed by atoms with Gasteiger partial charge >= 0.3 is 0 Å². The van der Waals surface area contributed by atoms with Crippen molar-refractivity contribution in [3.05, 3.63) is 54.6 Å². The van der Waals surface area contributed by atoms with E-state index in [4.69, 9.17) is 0 Å². The second kappa shape index (κ2) is 7.25. The number of rotatable bonds is 5. The molecule has 0 amide bonds. The number of hydrogen-bond donors (Lipinski definition) is 1. The van der Waals surface area contributed by atoms with E-state index in [0.717, 1.165) is 25.0 Å². The molecule has 1 saturated carbocycles. The number of nitrogens with zero attached hydrogens (tertiary/aromatic N) is 3. The van der Waals surface area contributed by atoms with Crippen LogP contribution in [0.15, 0.2) is 54.2 Å². The number of aromatic nitrogens is 2. The summed E-state index contributed by atoms with van der Waals surface area (Å²) in [7, 11) is 0. The van der Waals surface area contributed by atoms with Crippen molar-refractivity contribution in [3.8, 4) is 0 Å². The molecule has 1 N–H and O–H groups in total. The third-order valence-electron chi connectivity index (χ3n) is 4.64. The van der Waals surface area contributed by atoms with E-state index in [2.05, 4.69) is 39.0 Å². The lowest BCUT2D eigenvalue weighted by atomic mass is 9.82. The first kappa shape index (κ1) is 14.8. The third-order valence-corrected chi connectivity index (χ3v) is 4.64. The molecule has 0 saturated heterocycles. The number of oxime groups is 1. The Hall–Kier alpha value is -2.10. The van der Waals surface area contributed by atoms with Gasteiger partial charge in [0.25, 0.3) is 0 Å². The Morgan fingerprint density at radius 1 is 1.23 bits per heavy atom. The molecular formula is C18H23N3O. The molecule has 4 nitrogen and oxygen atoms in total. The van der Waals surface area contributed by atoms with Crippen molar-refractivity contribution in [1.82, 2.24) is 9.55 Å². The maximum Gasteiger partial charge on any atom is 0.0952 e. The predicted octanol–water partition coefficient (Wildman–Crippen LogP) is 4.08. The highest BCUT2D eigenvalue weighted by Crippen LogP contribution is 2.30. The molecule has 1 atom stereocenters. The quantitative estimate of drug-likeness (QED) is 0.513. The zero-order chi connectivity index (χ0) is 15.2. The predicted molar refractivity (Wildman–Crippen MR) is 87.2 cm³/mol. The topological polar surface area (TPSA) is 50.4 Å². The largest absolute Gasteiger partial charge is 0.411 e. The van der Waals surface area contributed by atoms with Gasteiger partial charge in [0.05, 0.1) is 18.1 Å². The summed E-state index contributed by atoms with van der Waals surface area (Å²) in [4.78, 5) is 4.17. The second-order valence-corrected chi connectivity index (χ2v) is 6.08. The van der Waals surface area contributed by atoms with Crippen LogP contribution in [-0.2, 0) is 6.42 Å². The van der Waals surface area contributed by atoms with Gasteiger partial charge in [-0.15, -0.1) is 0 Å². The Morgan fingerprint density at radius 2 is 2.00 bits per heavy atom. The summed E-state index contributed by atoms with van der Waals surface area (Å²) in [6, 6.07) is 10.4. The van der Waals surface area contributed by atoms with Crippen LogP contribution >= 0.6 is 0 Å². The van der Waals surface area contributed by atoms with Gasteiger partial charge in [-0.1, -0.05) is 54.8 Å². The first-order valence-electron chi connectivity index (χ1n) is 8.11. The van der Waals surface area contributed by atoms with Crippen LogP contribution in [0.2, 0.25) is 0 Å². The first-order valence-corrected chi connectivity index (χ1v) is 8.11. The highest BCUT2D eigenvalue weighted by Gasteiger charge is 2.28. The Balaban J connectivity index is 1.87. The van der Waals surface area contributed by atoms with Crippen LogP contribution in [0.5, 0.6) is 0 Å². The van der Waals surface area contributed by atoms with Crippen molar-refractivity contribution in [2.24, 2.45) is 11.1 Å². The molecule has 1 heterocycles. The lowest BCUT2D eigenvalue weighted by Gasteiger charge is -2.28. The molecule has 1 aliphatic rings. The Labute approximate surface area is 131 Å². The summed E-state index contributed by atoms with van der Waals surface area (Å²) < 4.78 is 2.07. The molecule has 0 spiro atoms. The van der Waals surface area contributed by atoms with E-state index in [1.807, 2.05) is 18.6 Å². The van der Waals surface area contributed by atoms with Gasteiger partial charge < -0.3 is 9.77 Å². The van der Waals surface area contributed by atoms with E-state index in [1.54, 1.807) is 6.20 Å². The molecule has 4 heteroatoms. The van der Waals surface area contributed by atoms with Crippen molar-refractivity contribution in [1.29, 1.82) is 0 Å². The van der Waals surface area contributed by atoms with Crippen molar-refractivity contribution in [2.75, 3.05) is 0 Å². The van der Waals surface area contributed by atoms with E-state index in [1.165, 1.54) is 24.8 Å². The summed E-state index contributed by atoms with van der Waals surface area (Å²) in [5, 5.41) is 13.4. The van der Waals surface area contributed by atoms with Gasteiger partial charge in [0.15, 0.2) is 0 Å². The molecule has 116 valence electrons. The Kier molecular flexibility index (Phi) is 4.88. The molecule has 2 aromatic rings. The zero-order valence-corrected chi connectivity index (χ0v) is 12.8. The van der Waals surface area contributed by atoms with E-state index in [0.29, 0.717) is 5.92 Å². The number of hydrogen-bond acceptors (Lipinski definition) is 3. The molecule has 1 aromatic heterocycles. The van der Waals surface area contributed by atoms with E-state index < -0.39 is 0 Å². The summed E-state index contributed by atoms with van der Waals surface area (Å²) >= 11 is 0. The lowest BCUT2D eigenvalue weighted by molar-refractivity contribution is 0.302. The molecule has 0 radical (unpaired) electrons. The van der Waals surface area contributed by atoms with E-state index in [9.17, 15) is 5.21 Å². The van der Waals surface area contributed by atoms with E-state index in [-0.39, 0.29) is 6.04 Å². The van der Waals surface area contributed by atoms with Gasteiger partial charge in [-0.25, -0.2) is 4.98 Å². The monoisotopic (exact) mass is 297 g/mol. The molecule has 1 fully saturated rings. The summed E-state index contributed by atoms with van der Waals surface area (Å²) in [5.41, 5.74) is 2.15. The molecular weight excluding hydrogens is 274 g/mol.